The van der Waals surface area contributed by atoms with Gasteiger partial charge >= 0.3 is 0 Å². The van der Waals surface area contributed by atoms with Crippen LogP contribution in [0.1, 0.15) is 42.6 Å². The Labute approximate surface area is 152 Å². The van der Waals surface area contributed by atoms with E-state index in [1.54, 1.807) is 20.5 Å². The summed E-state index contributed by atoms with van der Waals surface area (Å²) >= 11 is 0. The van der Waals surface area contributed by atoms with E-state index in [9.17, 15) is 4.79 Å². The summed E-state index contributed by atoms with van der Waals surface area (Å²) in [5, 5.41) is 8.19. The summed E-state index contributed by atoms with van der Waals surface area (Å²) < 4.78 is 12.7. The third kappa shape index (κ3) is 2.81. The summed E-state index contributed by atoms with van der Waals surface area (Å²) in [5.74, 6) is 2.88. The van der Waals surface area contributed by atoms with Gasteiger partial charge in [-0.3, -0.25) is 4.79 Å². The highest BCUT2D eigenvalue weighted by Crippen LogP contribution is 2.53. The van der Waals surface area contributed by atoms with Crippen LogP contribution in [-0.4, -0.2) is 46.3 Å². The maximum atomic E-state index is 13.2. The molecule has 0 spiro atoms. The van der Waals surface area contributed by atoms with Gasteiger partial charge < -0.3 is 18.9 Å². The molecule has 2 aliphatic rings. The zero-order chi connectivity index (χ0) is 18.3. The molecule has 1 saturated heterocycles. The van der Waals surface area contributed by atoms with Crippen LogP contribution in [-0.2, 0) is 11.8 Å². The van der Waals surface area contributed by atoms with Gasteiger partial charge in [-0.2, -0.15) is 0 Å². The van der Waals surface area contributed by atoms with Crippen molar-refractivity contribution in [3.63, 3.8) is 0 Å². The van der Waals surface area contributed by atoms with Crippen LogP contribution in [0.2, 0.25) is 0 Å². The number of benzene rings is 1. The molecule has 1 aliphatic carbocycles. The minimum absolute atomic E-state index is 0.00448. The van der Waals surface area contributed by atoms with E-state index in [0.717, 1.165) is 48.7 Å². The molecule has 2 aromatic rings. The molecule has 0 radical (unpaired) electrons. The Bertz CT molecular complexity index is 819. The number of methoxy groups -OCH3 is 2. The van der Waals surface area contributed by atoms with Crippen molar-refractivity contribution >= 4 is 5.91 Å². The number of ether oxygens (including phenoxy) is 2. The van der Waals surface area contributed by atoms with Gasteiger partial charge in [0, 0.05) is 31.0 Å². The monoisotopic (exact) mass is 356 g/mol. The van der Waals surface area contributed by atoms with Crippen molar-refractivity contribution in [1.29, 1.82) is 0 Å². The third-order valence-electron chi connectivity index (χ3n) is 5.52. The van der Waals surface area contributed by atoms with Crippen molar-refractivity contribution in [3.05, 3.63) is 35.9 Å². The highest BCUT2D eigenvalue weighted by molar-refractivity contribution is 5.84. The van der Waals surface area contributed by atoms with Crippen molar-refractivity contribution in [2.45, 2.75) is 31.2 Å². The molecule has 138 valence electrons. The molecule has 3 unspecified atom stereocenters. The molecule has 3 atom stereocenters. The Morgan fingerprint density at radius 1 is 1.27 bits per heavy atom. The van der Waals surface area contributed by atoms with Crippen LogP contribution in [0.25, 0.3) is 0 Å². The van der Waals surface area contributed by atoms with Crippen LogP contribution in [0.5, 0.6) is 11.5 Å². The average molecular weight is 356 g/mol. The number of hydrogen-bond acceptors (Lipinski definition) is 5. The average Bonchev–Trinajstić information content (AvgIpc) is 3.10. The zero-order valence-corrected chi connectivity index (χ0v) is 15.4. The second-order valence-corrected chi connectivity index (χ2v) is 7.05. The predicted octanol–water partition coefficient (Wildman–Crippen LogP) is 2.30. The normalized spacial score (nSPS) is 24.6. The van der Waals surface area contributed by atoms with Crippen molar-refractivity contribution in [2.75, 3.05) is 20.8 Å². The Kier molecular flexibility index (Phi) is 4.30. The summed E-state index contributed by atoms with van der Waals surface area (Å²) in [4.78, 5) is 15.1. The number of aromatic nitrogens is 3. The summed E-state index contributed by atoms with van der Waals surface area (Å²) in [5.41, 5.74) is 1.06. The lowest BCUT2D eigenvalue weighted by molar-refractivity contribution is -0.133. The molecular formula is C19H24N4O3. The molecule has 4 rings (SSSR count). The van der Waals surface area contributed by atoms with E-state index in [4.69, 9.17) is 9.47 Å². The molecule has 2 fully saturated rings. The van der Waals surface area contributed by atoms with E-state index < -0.39 is 0 Å². The Morgan fingerprint density at radius 2 is 2.12 bits per heavy atom. The number of aryl methyl sites for hydroxylation is 1. The molecule has 7 nitrogen and oxygen atoms in total. The van der Waals surface area contributed by atoms with Gasteiger partial charge in [0.15, 0.2) is 5.82 Å². The summed E-state index contributed by atoms with van der Waals surface area (Å²) in [6, 6.07) is 5.81. The molecule has 1 aromatic carbocycles. The van der Waals surface area contributed by atoms with Crippen LogP contribution in [0, 0.1) is 5.92 Å². The molecule has 7 heteroatoms. The molecule has 0 N–H and O–H groups in total. The van der Waals surface area contributed by atoms with Gasteiger partial charge in [-0.1, -0.05) is 0 Å². The van der Waals surface area contributed by atoms with Crippen molar-refractivity contribution in [1.82, 2.24) is 19.7 Å². The van der Waals surface area contributed by atoms with Gasteiger partial charge in [0.25, 0.3) is 0 Å². The zero-order valence-electron chi connectivity index (χ0n) is 15.4. The summed E-state index contributed by atoms with van der Waals surface area (Å²) in [6.45, 7) is 0.787. The Morgan fingerprint density at radius 3 is 2.81 bits per heavy atom. The fraction of sp³-hybridized carbons (Fsp3) is 0.526. The van der Waals surface area contributed by atoms with E-state index in [1.807, 2.05) is 34.7 Å². The van der Waals surface area contributed by atoms with Gasteiger partial charge in [-0.15, -0.1) is 10.2 Å². The molecule has 26 heavy (non-hydrogen) atoms. The third-order valence-corrected chi connectivity index (χ3v) is 5.52. The van der Waals surface area contributed by atoms with Gasteiger partial charge in [0.1, 0.15) is 17.8 Å². The quantitative estimate of drug-likeness (QED) is 0.822. The first-order valence-electron chi connectivity index (χ1n) is 9.00. The first-order valence-corrected chi connectivity index (χ1v) is 9.00. The molecule has 1 saturated carbocycles. The number of hydrogen-bond donors (Lipinski definition) is 0. The maximum absolute atomic E-state index is 13.2. The predicted molar refractivity (Wildman–Crippen MR) is 95.1 cm³/mol. The van der Waals surface area contributed by atoms with Crippen molar-refractivity contribution in [2.24, 2.45) is 13.0 Å². The van der Waals surface area contributed by atoms with Crippen LogP contribution in [0.4, 0.5) is 0 Å². The molecule has 1 aromatic heterocycles. The summed E-state index contributed by atoms with van der Waals surface area (Å²) in [6.07, 6.45) is 4.49. The molecule has 1 aliphatic heterocycles. The second-order valence-electron chi connectivity index (χ2n) is 7.05. The fourth-order valence-corrected chi connectivity index (χ4v) is 4.05. The minimum atomic E-state index is 0.00448. The van der Waals surface area contributed by atoms with E-state index in [-0.39, 0.29) is 23.8 Å². The molecule has 2 heterocycles. The van der Waals surface area contributed by atoms with Crippen LogP contribution in [0.3, 0.4) is 0 Å². The van der Waals surface area contributed by atoms with Gasteiger partial charge in [-0.25, -0.2) is 0 Å². The topological polar surface area (TPSA) is 69.5 Å². The van der Waals surface area contributed by atoms with Crippen molar-refractivity contribution < 1.29 is 14.3 Å². The number of likely N-dealkylation sites (tertiary alicyclic amines) is 1. The Hall–Kier alpha value is -2.57. The first kappa shape index (κ1) is 16.9. The maximum Gasteiger partial charge on any atom is 0.226 e. The summed E-state index contributed by atoms with van der Waals surface area (Å²) in [7, 11) is 5.24. The number of rotatable bonds is 5. The highest BCUT2D eigenvalue weighted by atomic mass is 16.5. The Balaban J connectivity index is 1.53. The van der Waals surface area contributed by atoms with Gasteiger partial charge in [0.2, 0.25) is 5.91 Å². The first-order chi connectivity index (χ1) is 12.6. The standard InChI is InChI=1S/C19H24N4O3/c1-22-11-20-21-18(22)16-5-4-8-23(16)19(24)15-10-13(15)14-9-12(25-2)6-7-17(14)26-3/h6-7,9,11,13,15-16H,4-5,8,10H2,1-3H3. The SMILES string of the molecule is COc1ccc(OC)c(C2CC2C(=O)N2CCCC2c2nncn2C)c1. The van der Waals surface area contributed by atoms with Crippen LogP contribution < -0.4 is 9.47 Å². The van der Waals surface area contributed by atoms with E-state index >= 15 is 0 Å². The smallest absolute Gasteiger partial charge is 0.226 e. The van der Waals surface area contributed by atoms with E-state index in [1.165, 1.54) is 0 Å². The van der Waals surface area contributed by atoms with Crippen LogP contribution >= 0.6 is 0 Å². The van der Waals surface area contributed by atoms with Gasteiger partial charge in [-0.05, 0) is 37.5 Å². The van der Waals surface area contributed by atoms with E-state index in [2.05, 4.69) is 10.2 Å². The fourth-order valence-electron chi connectivity index (χ4n) is 4.05. The lowest BCUT2D eigenvalue weighted by atomic mass is 10.1. The minimum Gasteiger partial charge on any atom is -0.497 e. The number of carbonyl (C=O) groups is 1. The van der Waals surface area contributed by atoms with Gasteiger partial charge in [0.05, 0.1) is 20.3 Å². The number of nitrogens with zero attached hydrogens (tertiary/aromatic N) is 4. The lowest BCUT2D eigenvalue weighted by Gasteiger charge is -2.24. The largest absolute Gasteiger partial charge is 0.497 e. The number of carbonyl (C=O) groups excluding carboxylic acids is 1. The van der Waals surface area contributed by atoms with E-state index in [0.29, 0.717) is 0 Å². The molecular weight excluding hydrogens is 332 g/mol. The van der Waals surface area contributed by atoms with Crippen LogP contribution in [0.15, 0.2) is 24.5 Å². The molecule has 1 amide bonds. The molecule has 0 bridgehead atoms. The second kappa shape index (κ2) is 6.63. The lowest BCUT2D eigenvalue weighted by Crippen LogP contribution is -2.33. The van der Waals surface area contributed by atoms with Crippen molar-refractivity contribution in [3.8, 4) is 11.5 Å². The number of amides is 1. The highest BCUT2D eigenvalue weighted by Gasteiger charge is 2.49.